The van der Waals surface area contributed by atoms with E-state index >= 15 is 0 Å². The summed E-state index contributed by atoms with van der Waals surface area (Å²) in [6.07, 6.45) is -3.21. The zero-order valence-electron chi connectivity index (χ0n) is 7.79. The number of hydrogen-bond acceptors (Lipinski definition) is 1. The summed E-state index contributed by atoms with van der Waals surface area (Å²) in [5.74, 6) is 0. The molecule has 6 heteroatoms. The molecular weight excluding hydrogens is 241 g/mol. The molecule has 0 atom stereocenters. The third kappa shape index (κ3) is 2.19. The van der Waals surface area contributed by atoms with E-state index in [1.165, 1.54) is 24.4 Å². The Kier molecular flexibility index (Phi) is 2.63. The highest BCUT2D eigenvalue weighted by molar-refractivity contribution is 6.30. The fourth-order valence-electron chi connectivity index (χ4n) is 1.18. The highest BCUT2D eigenvalue weighted by Crippen LogP contribution is 2.28. The summed E-state index contributed by atoms with van der Waals surface area (Å²) in [7, 11) is 0. The summed E-state index contributed by atoms with van der Waals surface area (Å²) in [6.45, 7) is 0. The number of alkyl halides is 3. The molecule has 2 aromatic rings. The van der Waals surface area contributed by atoms with Crippen LogP contribution in [0, 0.1) is 6.07 Å². The summed E-state index contributed by atoms with van der Waals surface area (Å²) >= 11 is 5.70. The average Bonchev–Trinajstić information content (AvgIpc) is 2.65. The van der Waals surface area contributed by atoms with Gasteiger partial charge in [-0.3, -0.25) is 0 Å². The van der Waals surface area contributed by atoms with Crippen LogP contribution in [0.1, 0.15) is 5.69 Å². The van der Waals surface area contributed by atoms with Crippen molar-refractivity contribution in [3.63, 3.8) is 0 Å². The standard InChI is InChI=1S/C10H5ClF3N2/c11-7-2-1-3-8(6-7)16-5-4-9(15-16)10(12,13)14/h2-6H. The molecule has 2 rings (SSSR count). The Morgan fingerprint density at radius 2 is 2.06 bits per heavy atom. The van der Waals surface area contributed by atoms with Crippen LogP contribution < -0.4 is 0 Å². The highest BCUT2D eigenvalue weighted by atomic mass is 35.5. The predicted molar refractivity (Wildman–Crippen MR) is 52.4 cm³/mol. The third-order valence-electron chi connectivity index (χ3n) is 1.88. The van der Waals surface area contributed by atoms with Crippen molar-refractivity contribution in [3.05, 3.63) is 47.2 Å². The Labute approximate surface area is 94.3 Å². The summed E-state index contributed by atoms with van der Waals surface area (Å²) in [5, 5.41) is 3.80. The molecule has 0 fully saturated rings. The van der Waals surface area contributed by atoms with Gasteiger partial charge in [-0.15, -0.1) is 0 Å². The van der Waals surface area contributed by atoms with Crippen molar-refractivity contribution in [1.29, 1.82) is 0 Å². The number of hydrogen-bond donors (Lipinski definition) is 0. The topological polar surface area (TPSA) is 17.8 Å². The second kappa shape index (κ2) is 3.83. The Morgan fingerprint density at radius 3 is 2.62 bits per heavy atom. The van der Waals surface area contributed by atoms with Gasteiger partial charge in [-0.2, -0.15) is 18.3 Å². The quantitative estimate of drug-likeness (QED) is 0.753. The minimum Gasteiger partial charge on any atom is -0.240 e. The van der Waals surface area contributed by atoms with E-state index in [-0.39, 0.29) is 0 Å². The molecule has 0 saturated carbocycles. The fourth-order valence-corrected chi connectivity index (χ4v) is 1.36. The first-order chi connectivity index (χ1) is 7.47. The van der Waals surface area contributed by atoms with Gasteiger partial charge in [0.15, 0.2) is 5.69 Å². The van der Waals surface area contributed by atoms with Crippen LogP contribution in [0.15, 0.2) is 30.5 Å². The van der Waals surface area contributed by atoms with E-state index in [1.807, 2.05) is 0 Å². The summed E-state index contributed by atoms with van der Waals surface area (Å²) in [5.41, 5.74) is -0.504. The highest BCUT2D eigenvalue weighted by Gasteiger charge is 2.33. The number of aromatic nitrogens is 2. The molecule has 0 amide bonds. The third-order valence-corrected chi connectivity index (χ3v) is 2.10. The van der Waals surface area contributed by atoms with Crippen LogP contribution in [-0.2, 0) is 6.18 Å². The van der Waals surface area contributed by atoms with E-state index in [2.05, 4.69) is 11.2 Å². The molecule has 0 spiro atoms. The van der Waals surface area contributed by atoms with Crippen LogP contribution in [-0.4, -0.2) is 9.78 Å². The molecule has 1 heterocycles. The molecule has 0 saturated heterocycles. The van der Waals surface area contributed by atoms with Crippen molar-refractivity contribution in [2.45, 2.75) is 6.18 Å². The predicted octanol–water partition coefficient (Wildman–Crippen LogP) is 3.34. The first kappa shape index (κ1) is 11.0. The van der Waals surface area contributed by atoms with Gasteiger partial charge in [0, 0.05) is 11.2 Å². The molecule has 0 aliphatic carbocycles. The molecule has 0 N–H and O–H groups in total. The van der Waals surface area contributed by atoms with Gasteiger partial charge in [-0.05, 0) is 30.3 Å². The molecular formula is C10H5ClF3N2. The van der Waals surface area contributed by atoms with Crippen molar-refractivity contribution in [2.24, 2.45) is 0 Å². The van der Waals surface area contributed by atoms with Crippen molar-refractivity contribution >= 4 is 11.6 Å². The molecule has 0 unspecified atom stereocenters. The van der Waals surface area contributed by atoms with Crippen LogP contribution >= 0.6 is 11.6 Å². The second-order valence-corrected chi connectivity index (χ2v) is 3.49. The Hall–Kier alpha value is -1.49. The number of rotatable bonds is 1. The molecule has 2 nitrogen and oxygen atoms in total. The minimum absolute atomic E-state index is 0.390. The van der Waals surface area contributed by atoms with E-state index in [1.54, 1.807) is 0 Å². The maximum atomic E-state index is 12.3. The first-order valence-electron chi connectivity index (χ1n) is 4.27. The molecule has 1 radical (unpaired) electrons. The Morgan fingerprint density at radius 1 is 1.31 bits per heavy atom. The van der Waals surface area contributed by atoms with Crippen molar-refractivity contribution in [1.82, 2.24) is 9.78 Å². The number of nitrogens with zero attached hydrogens (tertiary/aromatic N) is 2. The second-order valence-electron chi connectivity index (χ2n) is 3.05. The lowest BCUT2D eigenvalue weighted by atomic mass is 10.3. The van der Waals surface area contributed by atoms with Crippen LogP contribution in [0.25, 0.3) is 5.69 Å². The number of halogens is 4. The lowest BCUT2D eigenvalue weighted by Gasteiger charge is -2.02. The summed E-state index contributed by atoms with van der Waals surface area (Å²) in [6, 6.07) is 8.12. The lowest BCUT2D eigenvalue weighted by molar-refractivity contribution is -0.141. The van der Waals surface area contributed by atoms with Gasteiger partial charge in [-0.1, -0.05) is 11.6 Å². The van der Waals surface area contributed by atoms with Gasteiger partial charge >= 0.3 is 6.18 Å². The molecule has 1 aromatic carbocycles. The molecule has 0 aliphatic heterocycles. The van der Waals surface area contributed by atoms with Gasteiger partial charge < -0.3 is 0 Å². The normalized spacial score (nSPS) is 11.8. The van der Waals surface area contributed by atoms with Crippen LogP contribution in [0.4, 0.5) is 13.2 Å². The van der Waals surface area contributed by atoms with Gasteiger partial charge in [-0.25, -0.2) is 4.68 Å². The molecule has 1 aromatic heterocycles. The fraction of sp³-hybridized carbons (Fsp3) is 0.100. The van der Waals surface area contributed by atoms with Crippen LogP contribution in [0.2, 0.25) is 5.02 Å². The maximum absolute atomic E-state index is 12.3. The van der Waals surface area contributed by atoms with Crippen molar-refractivity contribution in [3.8, 4) is 5.69 Å². The van der Waals surface area contributed by atoms with Crippen LogP contribution in [0.3, 0.4) is 0 Å². The van der Waals surface area contributed by atoms with E-state index in [0.29, 0.717) is 10.7 Å². The smallest absolute Gasteiger partial charge is 0.240 e. The van der Waals surface area contributed by atoms with E-state index in [9.17, 15) is 13.2 Å². The Bertz CT molecular complexity index is 505. The van der Waals surface area contributed by atoms with Gasteiger partial charge in [0.25, 0.3) is 0 Å². The number of benzene rings is 1. The lowest BCUT2D eigenvalue weighted by Crippen LogP contribution is -2.07. The van der Waals surface area contributed by atoms with Crippen molar-refractivity contribution in [2.75, 3.05) is 0 Å². The molecule has 0 aliphatic rings. The van der Waals surface area contributed by atoms with E-state index < -0.39 is 11.9 Å². The first-order valence-corrected chi connectivity index (χ1v) is 4.64. The van der Waals surface area contributed by atoms with Crippen LogP contribution in [0.5, 0.6) is 0 Å². The molecule has 16 heavy (non-hydrogen) atoms. The monoisotopic (exact) mass is 245 g/mol. The van der Waals surface area contributed by atoms with Gasteiger partial charge in [0.05, 0.1) is 5.69 Å². The minimum atomic E-state index is -4.44. The van der Waals surface area contributed by atoms with E-state index in [4.69, 9.17) is 11.6 Å². The molecule has 0 bridgehead atoms. The van der Waals surface area contributed by atoms with Gasteiger partial charge in [0.1, 0.15) is 0 Å². The average molecular weight is 246 g/mol. The largest absolute Gasteiger partial charge is 0.435 e. The SMILES string of the molecule is FC(F)(F)c1ccn(-c2c[c]cc(Cl)c2)n1. The zero-order valence-corrected chi connectivity index (χ0v) is 8.55. The maximum Gasteiger partial charge on any atom is 0.435 e. The zero-order chi connectivity index (χ0) is 11.8. The van der Waals surface area contributed by atoms with Crippen molar-refractivity contribution < 1.29 is 13.2 Å². The Balaban J connectivity index is 2.39. The summed E-state index contributed by atoms with van der Waals surface area (Å²) < 4.78 is 38.0. The van der Waals surface area contributed by atoms with E-state index in [0.717, 1.165) is 10.7 Å². The summed E-state index contributed by atoms with van der Waals surface area (Å²) in [4.78, 5) is 0. The van der Waals surface area contributed by atoms with Gasteiger partial charge in [0.2, 0.25) is 0 Å². The molecule has 83 valence electrons.